The lowest BCUT2D eigenvalue weighted by Crippen LogP contribution is -2.01. The van der Waals surface area contributed by atoms with Gasteiger partial charge in [-0.3, -0.25) is 4.79 Å². The van der Waals surface area contributed by atoms with E-state index in [9.17, 15) is 4.79 Å². The molecule has 2 unspecified atom stereocenters. The zero-order chi connectivity index (χ0) is 10.1. The van der Waals surface area contributed by atoms with Crippen molar-refractivity contribution in [3.05, 3.63) is 34.3 Å². The van der Waals surface area contributed by atoms with Crippen molar-refractivity contribution in [2.45, 2.75) is 12.8 Å². The van der Waals surface area contributed by atoms with Crippen LogP contribution < -0.4 is 0 Å². The molecule has 1 aromatic rings. The molecule has 74 valence electrons. The fourth-order valence-electron chi connectivity index (χ4n) is 1.74. The molecule has 1 saturated carbocycles. The molecular formula is C11H11BrO2. The molecule has 3 heteroatoms. The lowest BCUT2D eigenvalue weighted by Gasteiger charge is -1.99. The monoisotopic (exact) mass is 254 g/mol. The summed E-state index contributed by atoms with van der Waals surface area (Å²) in [5, 5.41) is 8.75. The Kier molecular flexibility index (Phi) is 2.59. The average molecular weight is 255 g/mol. The van der Waals surface area contributed by atoms with Crippen molar-refractivity contribution in [3.63, 3.8) is 0 Å². The first-order chi connectivity index (χ1) is 6.66. The molecule has 0 aliphatic heterocycles. The third-order valence-corrected chi connectivity index (χ3v) is 3.12. The third kappa shape index (κ3) is 2.15. The number of benzene rings is 1. The Morgan fingerprint density at radius 1 is 1.57 bits per heavy atom. The van der Waals surface area contributed by atoms with Crippen LogP contribution in [0.5, 0.6) is 0 Å². The van der Waals surface area contributed by atoms with E-state index in [0.29, 0.717) is 5.92 Å². The topological polar surface area (TPSA) is 37.3 Å². The maximum Gasteiger partial charge on any atom is 0.306 e. The van der Waals surface area contributed by atoms with Crippen LogP contribution >= 0.6 is 15.9 Å². The number of aliphatic carboxylic acids is 1. The fraction of sp³-hybridized carbons (Fsp3) is 0.364. The molecule has 2 rings (SSSR count). The Morgan fingerprint density at radius 3 is 2.93 bits per heavy atom. The number of hydrogen-bond donors (Lipinski definition) is 1. The first-order valence-electron chi connectivity index (χ1n) is 4.64. The van der Waals surface area contributed by atoms with Crippen LogP contribution in [0.3, 0.4) is 0 Å². The highest BCUT2D eigenvalue weighted by Crippen LogP contribution is 2.41. The summed E-state index contributed by atoms with van der Waals surface area (Å²) in [4.78, 5) is 10.6. The van der Waals surface area contributed by atoms with Crippen LogP contribution in [0.2, 0.25) is 0 Å². The molecule has 1 fully saturated rings. The highest BCUT2D eigenvalue weighted by atomic mass is 79.9. The minimum absolute atomic E-state index is 0.103. The molecule has 1 aliphatic rings. The van der Waals surface area contributed by atoms with E-state index >= 15 is 0 Å². The van der Waals surface area contributed by atoms with Crippen LogP contribution in [0.4, 0.5) is 0 Å². The Balaban J connectivity index is 1.97. The molecule has 0 amide bonds. The summed E-state index contributed by atoms with van der Waals surface area (Å²) in [6, 6.07) is 8.06. The van der Waals surface area contributed by atoms with Crippen molar-refractivity contribution in [1.82, 2.24) is 0 Å². The minimum atomic E-state index is -0.648. The van der Waals surface area contributed by atoms with Crippen LogP contribution in [0.25, 0.3) is 0 Å². The Morgan fingerprint density at radius 2 is 2.36 bits per heavy atom. The Hall–Kier alpha value is -0.830. The van der Waals surface area contributed by atoms with Gasteiger partial charge in [-0.2, -0.15) is 0 Å². The van der Waals surface area contributed by atoms with Crippen LogP contribution in [0.1, 0.15) is 12.0 Å². The number of carbonyl (C=O) groups is 1. The van der Waals surface area contributed by atoms with E-state index in [0.717, 1.165) is 17.3 Å². The highest BCUT2D eigenvalue weighted by Gasteiger charge is 2.42. The fourth-order valence-corrected chi connectivity index (χ4v) is 2.19. The molecule has 0 saturated heterocycles. The second kappa shape index (κ2) is 3.73. The molecule has 2 nitrogen and oxygen atoms in total. The van der Waals surface area contributed by atoms with Gasteiger partial charge in [-0.05, 0) is 36.5 Å². The second-order valence-corrected chi connectivity index (χ2v) is 4.69. The van der Waals surface area contributed by atoms with Gasteiger partial charge in [0.15, 0.2) is 0 Å². The normalized spacial score (nSPS) is 24.6. The first kappa shape index (κ1) is 9.71. The summed E-state index contributed by atoms with van der Waals surface area (Å²) in [7, 11) is 0. The molecule has 0 radical (unpaired) electrons. The standard InChI is InChI=1S/C11H11BrO2/c12-9-3-1-2-7(5-9)4-8-6-10(8)11(13)14/h1-3,5,8,10H,4,6H2,(H,13,14). The molecule has 0 bridgehead atoms. The zero-order valence-corrected chi connectivity index (χ0v) is 9.20. The SMILES string of the molecule is O=C(O)C1CC1Cc1cccc(Br)c1. The van der Waals surface area contributed by atoms with Gasteiger partial charge in [0.25, 0.3) is 0 Å². The quantitative estimate of drug-likeness (QED) is 0.901. The third-order valence-electron chi connectivity index (χ3n) is 2.63. The molecule has 1 aliphatic carbocycles. The van der Waals surface area contributed by atoms with Gasteiger partial charge >= 0.3 is 5.97 Å². The van der Waals surface area contributed by atoms with Gasteiger partial charge < -0.3 is 5.11 Å². The van der Waals surface area contributed by atoms with Gasteiger partial charge in [0, 0.05) is 4.47 Å². The van der Waals surface area contributed by atoms with Crippen LogP contribution in [0.15, 0.2) is 28.7 Å². The molecule has 1 aromatic carbocycles. The van der Waals surface area contributed by atoms with Gasteiger partial charge in [0.05, 0.1) is 5.92 Å². The van der Waals surface area contributed by atoms with Crippen LogP contribution in [-0.2, 0) is 11.2 Å². The number of carboxylic acids is 1. The number of rotatable bonds is 3. The lowest BCUT2D eigenvalue weighted by molar-refractivity contribution is -0.138. The smallest absolute Gasteiger partial charge is 0.306 e. The van der Waals surface area contributed by atoms with Crippen molar-refractivity contribution in [1.29, 1.82) is 0 Å². The van der Waals surface area contributed by atoms with Gasteiger partial charge in [-0.25, -0.2) is 0 Å². The Bertz CT molecular complexity index is 362. The molecule has 14 heavy (non-hydrogen) atoms. The summed E-state index contributed by atoms with van der Waals surface area (Å²) in [6.07, 6.45) is 1.72. The first-order valence-corrected chi connectivity index (χ1v) is 5.43. The maximum absolute atomic E-state index is 10.6. The maximum atomic E-state index is 10.6. The van der Waals surface area contributed by atoms with E-state index in [1.165, 1.54) is 5.56 Å². The molecule has 2 atom stereocenters. The van der Waals surface area contributed by atoms with E-state index in [1.54, 1.807) is 0 Å². The van der Waals surface area contributed by atoms with Crippen molar-refractivity contribution < 1.29 is 9.90 Å². The van der Waals surface area contributed by atoms with Crippen LogP contribution in [0, 0.1) is 11.8 Å². The lowest BCUT2D eigenvalue weighted by atomic mass is 10.1. The van der Waals surface area contributed by atoms with Gasteiger partial charge in [-0.1, -0.05) is 28.1 Å². The van der Waals surface area contributed by atoms with E-state index in [2.05, 4.69) is 22.0 Å². The number of carboxylic acid groups (broad SMARTS) is 1. The van der Waals surface area contributed by atoms with Gasteiger partial charge in [0.1, 0.15) is 0 Å². The van der Waals surface area contributed by atoms with Crippen LogP contribution in [-0.4, -0.2) is 11.1 Å². The van der Waals surface area contributed by atoms with Gasteiger partial charge in [-0.15, -0.1) is 0 Å². The molecule has 0 spiro atoms. The second-order valence-electron chi connectivity index (χ2n) is 3.77. The van der Waals surface area contributed by atoms with E-state index < -0.39 is 5.97 Å². The molecule has 1 N–H and O–H groups in total. The Labute approximate surface area is 91.1 Å². The zero-order valence-electron chi connectivity index (χ0n) is 7.61. The van der Waals surface area contributed by atoms with E-state index in [1.807, 2.05) is 18.2 Å². The van der Waals surface area contributed by atoms with Crippen molar-refractivity contribution in [2.24, 2.45) is 11.8 Å². The number of halogens is 1. The van der Waals surface area contributed by atoms with Crippen molar-refractivity contribution in [2.75, 3.05) is 0 Å². The predicted octanol–water partition coefficient (Wildman–Crippen LogP) is 2.71. The summed E-state index contributed by atoms with van der Waals surface area (Å²) >= 11 is 3.40. The summed E-state index contributed by atoms with van der Waals surface area (Å²) in [5.41, 5.74) is 1.22. The van der Waals surface area contributed by atoms with Crippen molar-refractivity contribution in [3.8, 4) is 0 Å². The van der Waals surface area contributed by atoms with E-state index in [4.69, 9.17) is 5.11 Å². The van der Waals surface area contributed by atoms with Gasteiger partial charge in [0.2, 0.25) is 0 Å². The number of hydrogen-bond acceptors (Lipinski definition) is 1. The van der Waals surface area contributed by atoms with Crippen molar-refractivity contribution >= 4 is 21.9 Å². The minimum Gasteiger partial charge on any atom is -0.481 e. The summed E-state index contributed by atoms with van der Waals surface area (Å²) in [5.74, 6) is -0.402. The molecular weight excluding hydrogens is 244 g/mol. The predicted molar refractivity (Wildman–Crippen MR) is 57.1 cm³/mol. The highest BCUT2D eigenvalue weighted by molar-refractivity contribution is 9.10. The summed E-state index contributed by atoms with van der Waals surface area (Å²) < 4.78 is 1.06. The summed E-state index contributed by atoms with van der Waals surface area (Å²) in [6.45, 7) is 0. The molecule has 0 heterocycles. The molecule has 0 aromatic heterocycles. The average Bonchev–Trinajstić information content (AvgIpc) is 2.84. The van der Waals surface area contributed by atoms with E-state index in [-0.39, 0.29) is 5.92 Å². The largest absolute Gasteiger partial charge is 0.481 e.